The highest BCUT2D eigenvalue weighted by Gasteiger charge is 2.12. The second-order valence-electron chi connectivity index (χ2n) is 5.00. The topological polar surface area (TPSA) is 41.1 Å². The van der Waals surface area contributed by atoms with Gasteiger partial charge in [-0.15, -0.1) is 0 Å². The maximum absolute atomic E-state index is 11.8. The molecule has 1 aromatic rings. The Bertz CT molecular complexity index is 418. The van der Waals surface area contributed by atoms with Crippen LogP contribution in [0.2, 0.25) is 5.02 Å². The molecule has 110 valence electrons. The van der Waals surface area contributed by atoms with E-state index in [0.717, 1.165) is 18.7 Å². The molecule has 1 fully saturated rings. The second-order valence-corrected chi connectivity index (χ2v) is 6.66. The van der Waals surface area contributed by atoms with Gasteiger partial charge in [0.05, 0.1) is 0 Å². The maximum Gasteiger partial charge on any atom is 0.224 e. The Balaban J connectivity index is 1.59. The molecule has 2 rings (SSSR count). The number of thioether (sulfide) groups is 1. The molecule has 1 aliphatic heterocycles. The number of anilines is 1. The third-order valence-corrected chi connectivity index (χ3v) is 4.66. The third kappa shape index (κ3) is 5.73. The second kappa shape index (κ2) is 8.55. The monoisotopic (exact) mass is 312 g/mol. The molecular weight excluding hydrogens is 292 g/mol. The van der Waals surface area contributed by atoms with Gasteiger partial charge in [0, 0.05) is 23.2 Å². The van der Waals surface area contributed by atoms with Crippen molar-refractivity contribution in [2.24, 2.45) is 0 Å². The van der Waals surface area contributed by atoms with Crippen LogP contribution in [-0.4, -0.2) is 30.0 Å². The van der Waals surface area contributed by atoms with Gasteiger partial charge in [-0.1, -0.05) is 11.6 Å². The number of carbonyl (C=O) groups is 1. The van der Waals surface area contributed by atoms with Gasteiger partial charge in [-0.05, 0) is 61.6 Å². The molecule has 1 aromatic carbocycles. The van der Waals surface area contributed by atoms with Crippen molar-refractivity contribution in [2.75, 3.05) is 23.4 Å². The number of rotatable bonds is 6. The van der Waals surface area contributed by atoms with Gasteiger partial charge >= 0.3 is 0 Å². The number of halogens is 1. The van der Waals surface area contributed by atoms with Gasteiger partial charge in [0.1, 0.15) is 0 Å². The lowest BCUT2D eigenvalue weighted by Crippen LogP contribution is -2.33. The van der Waals surface area contributed by atoms with Crippen molar-refractivity contribution in [3.63, 3.8) is 0 Å². The van der Waals surface area contributed by atoms with E-state index in [9.17, 15) is 4.79 Å². The van der Waals surface area contributed by atoms with Crippen molar-refractivity contribution in [1.29, 1.82) is 0 Å². The van der Waals surface area contributed by atoms with E-state index >= 15 is 0 Å². The van der Waals surface area contributed by atoms with Crippen LogP contribution >= 0.6 is 23.4 Å². The summed E-state index contributed by atoms with van der Waals surface area (Å²) in [6, 6.07) is 7.84. The first-order chi connectivity index (χ1) is 9.74. The molecule has 2 N–H and O–H groups in total. The summed E-state index contributed by atoms with van der Waals surface area (Å²) < 4.78 is 0. The van der Waals surface area contributed by atoms with Crippen molar-refractivity contribution in [1.82, 2.24) is 5.32 Å². The van der Waals surface area contributed by atoms with Crippen molar-refractivity contribution in [3.8, 4) is 0 Å². The first kappa shape index (κ1) is 15.7. The summed E-state index contributed by atoms with van der Waals surface area (Å²) in [4.78, 5) is 11.8. The number of nitrogens with one attached hydrogen (secondary N) is 2. The fraction of sp³-hybridized carbons (Fsp3) is 0.533. The van der Waals surface area contributed by atoms with Crippen molar-refractivity contribution in [3.05, 3.63) is 29.3 Å². The van der Waals surface area contributed by atoms with Crippen LogP contribution in [-0.2, 0) is 4.79 Å². The van der Waals surface area contributed by atoms with E-state index in [1.807, 2.05) is 23.9 Å². The molecule has 0 aliphatic carbocycles. The van der Waals surface area contributed by atoms with Crippen LogP contribution in [0.4, 0.5) is 5.69 Å². The van der Waals surface area contributed by atoms with Crippen LogP contribution in [0.25, 0.3) is 0 Å². The molecule has 5 heteroatoms. The zero-order chi connectivity index (χ0) is 14.2. The largest absolute Gasteiger partial charge is 0.326 e. The van der Waals surface area contributed by atoms with E-state index in [1.54, 1.807) is 12.1 Å². The smallest absolute Gasteiger partial charge is 0.224 e. The summed E-state index contributed by atoms with van der Waals surface area (Å²) >= 11 is 7.83. The van der Waals surface area contributed by atoms with Crippen LogP contribution in [0, 0.1) is 0 Å². The van der Waals surface area contributed by atoms with Crippen molar-refractivity contribution in [2.45, 2.75) is 31.7 Å². The molecule has 1 heterocycles. The van der Waals surface area contributed by atoms with Crippen LogP contribution in [0.3, 0.4) is 0 Å². The lowest BCUT2D eigenvalue weighted by atomic mass is 10.1. The Morgan fingerprint density at radius 3 is 2.65 bits per heavy atom. The quantitative estimate of drug-likeness (QED) is 0.789. The normalized spacial score (nSPS) is 16.1. The predicted molar refractivity (Wildman–Crippen MR) is 87.7 cm³/mol. The van der Waals surface area contributed by atoms with Crippen LogP contribution in [0.5, 0.6) is 0 Å². The predicted octanol–water partition coefficient (Wildman–Crippen LogP) is 3.54. The maximum atomic E-state index is 11.8. The number of hydrogen-bond donors (Lipinski definition) is 2. The summed E-state index contributed by atoms with van der Waals surface area (Å²) in [6.45, 7) is 0.920. The molecule has 0 saturated carbocycles. The highest BCUT2D eigenvalue weighted by Crippen LogP contribution is 2.17. The molecule has 20 heavy (non-hydrogen) atoms. The van der Waals surface area contributed by atoms with Gasteiger partial charge in [-0.2, -0.15) is 11.8 Å². The minimum absolute atomic E-state index is 0.0633. The van der Waals surface area contributed by atoms with E-state index in [0.29, 0.717) is 17.5 Å². The van der Waals surface area contributed by atoms with E-state index in [4.69, 9.17) is 11.6 Å². The Morgan fingerprint density at radius 2 is 1.95 bits per heavy atom. The molecular formula is C15H21ClN2OS. The number of benzene rings is 1. The van der Waals surface area contributed by atoms with Crippen LogP contribution in [0.1, 0.15) is 25.7 Å². The average Bonchev–Trinajstić information content (AvgIpc) is 2.47. The molecule has 0 spiro atoms. The fourth-order valence-electron chi connectivity index (χ4n) is 2.21. The van der Waals surface area contributed by atoms with E-state index < -0.39 is 0 Å². The first-order valence-corrected chi connectivity index (χ1v) is 8.64. The lowest BCUT2D eigenvalue weighted by molar-refractivity contribution is -0.116. The molecule has 0 radical (unpaired) electrons. The molecule has 1 aliphatic rings. The molecule has 1 amide bonds. The SMILES string of the molecule is O=C(CCCNC1CCSCC1)Nc1ccc(Cl)cc1. The Kier molecular flexibility index (Phi) is 6.70. The molecule has 3 nitrogen and oxygen atoms in total. The minimum Gasteiger partial charge on any atom is -0.326 e. The highest BCUT2D eigenvalue weighted by atomic mass is 35.5. The van der Waals surface area contributed by atoms with Gasteiger partial charge in [-0.25, -0.2) is 0 Å². The van der Waals surface area contributed by atoms with E-state index in [2.05, 4.69) is 10.6 Å². The van der Waals surface area contributed by atoms with Crippen LogP contribution in [0.15, 0.2) is 24.3 Å². The standard InChI is InChI=1S/C15H21ClN2OS/c16-12-3-5-14(6-4-12)18-15(19)2-1-9-17-13-7-10-20-11-8-13/h3-6,13,17H,1-2,7-11H2,(H,18,19). The van der Waals surface area contributed by atoms with E-state index in [-0.39, 0.29) is 5.91 Å². The van der Waals surface area contributed by atoms with Crippen molar-refractivity contribution >= 4 is 35.0 Å². The number of amides is 1. The molecule has 0 atom stereocenters. The summed E-state index contributed by atoms with van der Waals surface area (Å²) in [6.07, 6.45) is 3.93. The number of hydrogen-bond acceptors (Lipinski definition) is 3. The third-order valence-electron chi connectivity index (χ3n) is 3.36. The fourth-order valence-corrected chi connectivity index (χ4v) is 3.45. The highest BCUT2D eigenvalue weighted by molar-refractivity contribution is 7.99. The summed E-state index contributed by atoms with van der Waals surface area (Å²) in [5, 5.41) is 7.09. The first-order valence-electron chi connectivity index (χ1n) is 7.10. The van der Waals surface area contributed by atoms with Gasteiger partial charge < -0.3 is 10.6 Å². The van der Waals surface area contributed by atoms with Gasteiger partial charge in [0.25, 0.3) is 0 Å². The molecule has 0 aromatic heterocycles. The summed E-state index contributed by atoms with van der Waals surface area (Å²) in [5.41, 5.74) is 0.802. The lowest BCUT2D eigenvalue weighted by Gasteiger charge is -2.22. The van der Waals surface area contributed by atoms with Crippen molar-refractivity contribution < 1.29 is 4.79 Å². The van der Waals surface area contributed by atoms with Crippen LogP contribution < -0.4 is 10.6 Å². The van der Waals surface area contributed by atoms with E-state index in [1.165, 1.54) is 24.3 Å². The molecule has 0 unspecified atom stereocenters. The Hall–Kier alpha value is -0.710. The molecule has 1 saturated heterocycles. The average molecular weight is 313 g/mol. The van der Waals surface area contributed by atoms with Gasteiger partial charge in [-0.3, -0.25) is 4.79 Å². The number of carbonyl (C=O) groups excluding carboxylic acids is 1. The Morgan fingerprint density at radius 1 is 1.25 bits per heavy atom. The summed E-state index contributed by atoms with van der Waals surface area (Å²) in [5.74, 6) is 2.58. The summed E-state index contributed by atoms with van der Waals surface area (Å²) in [7, 11) is 0. The Labute approximate surface area is 129 Å². The zero-order valence-electron chi connectivity index (χ0n) is 11.5. The molecule has 0 bridgehead atoms. The zero-order valence-corrected chi connectivity index (χ0v) is 13.1. The van der Waals surface area contributed by atoms with Gasteiger partial charge in [0.15, 0.2) is 0 Å². The van der Waals surface area contributed by atoms with Gasteiger partial charge in [0.2, 0.25) is 5.91 Å². The minimum atomic E-state index is 0.0633.